The first-order valence-electron chi connectivity index (χ1n) is 4.80. The van der Waals surface area contributed by atoms with Gasteiger partial charge in [-0.15, -0.1) is 24.0 Å². The summed E-state index contributed by atoms with van der Waals surface area (Å²) < 4.78 is 0. The van der Waals surface area contributed by atoms with Crippen molar-refractivity contribution in [1.29, 1.82) is 0 Å². The zero-order valence-corrected chi connectivity index (χ0v) is 10.4. The van der Waals surface area contributed by atoms with Crippen LogP contribution < -0.4 is 5.32 Å². The zero-order chi connectivity index (χ0) is 11.5. The highest BCUT2D eigenvalue weighted by Crippen LogP contribution is 2.19. The van der Waals surface area contributed by atoms with Crippen molar-refractivity contribution in [2.75, 3.05) is 5.32 Å². The third-order valence-electron chi connectivity index (χ3n) is 2.09. The lowest BCUT2D eigenvalue weighted by molar-refractivity contribution is 0.103. The van der Waals surface area contributed by atoms with Crippen molar-refractivity contribution in [3.05, 3.63) is 46.2 Å². The second-order valence-corrected chi connectivity index (χ2v) is 4.92. The summed E-state index contributed by atoms with van der Waals surface area (Å²) in [5, 5.41) is 4.69. The standard InChI is InChI=1S/C12H11NOS2/c1-8-3-2-4-9(5-8)13-12(14)11-6-10(15)7-16-11/h2-7,15H,1H3,(H,13,14). The van der Waals surface area contributed by atoms with Gasteiger partial charge in [0.1, 0.15) is 0 Å². The van der Waals surface area contributed by atoms with Crippen molar-refractivity contribution < 1.29 is 4.79 Å². The summed E-state index contributed by atoms with van der Waals surface area (Å²) in [6.07, 6.45) is 0. The van der Waals surface area contributed by atoms with E-state index in [9.17, 15) is 4.79 Å². The Bertz CT molecular complexity index is 519. The van der Waals surface area contributed by atoms with E-state index in [0.29, 0.717) is 4.88 Å². The number of thiol groups is 1. The van der Waals surface area contributed by atoms with Crippen molar-refractivity contribution in [3.8, 4) is 0 Å². The molecule has 1 aromatic heterocycles. The first-order valence-corrected chi connectivity index (χ1v) is 6.13. The van der Waals surface area contributed by atoms with Gasteiger partial charge in [0.2, 0.25) is 0 Å². The van der Waals surface area contributed by atoms with Crippen molar-refractivity contribution in [3.63, 3.8) is 0 Å². The van der Waals surface area contributed by atoms with Gasteiger partial charge in [-0.25, -0.2) is 0 Å². The summed E-state index contributed by atoms with van der Waals surface area (Å²) in [4.78, 5) is 13.3. The molecule has 0 bridgehead atoms. The van der Waals surface area contributed by atoms with E-state index in [1.54, 1.807) is 6.07 Å². The lowest BCUT2D eigenvalue weighted by Gasteiger charge is -2.03. The predicted octanol–water partition coefficient (Wildman–Crippen LogP) is 3.60. The Morgan fingerprint density at radius 3 is 2.81 bits per heavy atom. The molecule has 1 N–H and O–H groups in total. The third-order valence-corrected chi connectivity index (χ3v) is 3.45. The SMILES string of the molecule is Cc1cccc(NC(=O)c2cc(S)cs2)c1. The van der Waals surface area contributed by atoms with E-state index in [2.05, 4.69) is 17.9 Å². The van der Waals surface area contributed by atoms with Gasteiger partial charge in [-0.1, -0.05) is 12.1 Å². The van der Waals surface area contributed by atoms with Gasteiger partial charge in [0, 0.05) is 16.0 Å². The minimum Gasteiger partial charge on any atom is -0.321 e. The van der Waals surface area contributed by atoms with Crippen LogP contribution in [0.15, 0.2) is 40.6 Å². The molecule has 0 unspecified atom stereocenters. The number of carbonyl (C=O) groups is 1. The zero-order valence-electron chi connectivity index (χ0n) is 8.73. The highest BCUT2D eigenvalue weighted by atomic mass is 32.1. The molecular weight excluding hydrogens is 238 g/mol. The Hall–Kier alpha value is -1.26. The van der Waals surface area contributed by atoms with Gasteiger partial charge in [-0.3, -0.25) is 4.79 Å². The summed E-state index contributed by atoms with van der Waals surface area (Å²) >= 11 is 5.57. The summed E-state index contributed by atoms with van der Waals surface area (Å²) in [5.74, 6) is -0.0871. The number of nitrogens with one attached hydrogen (secondary N) is 1. The highest BCUT2D eigenvalue weighted by molar-refractivity contribution is 7.80. The van der Waals surface area contributed by atoms with Gasteiger partial charge in [0.25, 0.3) is 5.91 Å². The van der Waals surface area contributed by atoms with Gasteiger partial charge < -0.3 is 5.32 Å². The predicted molar refractivity (Wildman–Crippen MR) is 70.7 cm³/mol. The Labute approximate surface area is 104 Å². The largest absolute Gasteiger partial charge is 0.321 e. The molecule has 82 valence electrons. The Kier molecular flexibility index (Phi) is 3.31. The monoisotopic (exact) mass is 249 g/mol. The molecule has 0 aliphatic rings. The molecule has 0 radical (unpaired) electrons. The van der Waals surface area contributed by atoms with Gasteiger partial charge in [-0.05, 0) is 30.7 Å². The number of benzene rings is 1. The Balaban J connectivity index is 2.13. The van der Waals surface area contributed by atoms with Gasteiger partial charge in [0.05, 0.1) is 4.88 Å². The smallest absolute Gasteiger partial charge is 0.265 e. The van der Waals surface area contributed by atoms with Gasteiger partial charge in [0.15, 0.2) is 0 Å². The maximum absolute atomic E-state index is 11.8. The van der Waals surface area contributed by atoms with Crippen LogP contribution in [-0.4, -0.2) is 5.91 Å². The highest BCUT2D eigenvalue weighted by Gasteiger charge is 2.08. The maximum Gasteiger partial charge on any atom is 0.265 e. The first kappa shape index (κ1) is 11.2. The maximum atomic E-state index is 11.8. The van der Waals surface area contributed by atoms with E-state index in [0.717, 1.165) is 16.1 Å². The molecular formula is C12H11NOS2. The summed E-state index contributed by atoms with van der Waals surface area (Å²) in [5.41, 5.74) is 1.94. The van der Waals surface area contributed by atoms with E-state index in [-0.39, 0.29) is 5.91 Å². The number of hydrogen-bond donors (Lipinski definition) is 2. The Morgan fingerprint density at radius 1 is 1.38 bits per heavy atom. The van der Waals surface area contributed by atoms with Crippen LogP contribution in [0.3, 0.4) is 0 Å². The molecule has 1 aromatic carbocycles. The number of thiophene rings is 1. The fourth-order valence-electron chi connectivity index (χ4n) is 1.36. The number of hydrogen-bond acceptors (Lipinski definition) is 3. The Morgan fingerprint density at radius 2 is 2.19 bits per heavy atom. The number of anilines is 1. The molecule has 0 spiro atoms. The van der Waals surface area contributed by atoms with Crippen LogP contribution in [0.4, 0.5) is 5.69 Å². The number of carbonyl (C=O) groups excluding carboxylic acids is 1. The minimum absolute atomic E-state index is 0.0871. The van der Waals surface area contributed by atoms with Crippen molar-refractivity contribution in [2.45, 2.75) is 11.8 Å². The summed E-state index contributed by atoms with van der Waals surface area (Å²) in [7, 11) is 0. The summed E-state index contributed by atoms with van der Waals surface area (Å²) in [6.45, 7) is 1.99. The van der Waals surface area contributed by atoms with Crippen LogP contribution >= 0.6 is 24.0 Å². The fraction of sp³-hybridized carbons (Fsp3) is 0.0833. The number of amides is 1. The van der Waals surface area contributed by atoms with Crippen LogP contribution in [0, 0.1) is 6.92 Å². The van der Waals surface area contributed by atoms with Gasteiger partial charge >= 0.3 is 0 Å². The average Bonchev–Trinajstić information content (AvgIpc) is 2.65. The molecule has 16 heavy (non-hydrogen) atoms. The second kappa shape index (κ2) is 4.72. The van der Waals surface area contributed by atoms with Crippen molar-refractivity contribution >= 4 is 35.6 Å². The van der Waals surface area contributed by atoms with Crippen LogP contribution in [0.2, 0.25) is 0 Å². The molecule has 2 aromatic rings. The van der Waals surface area contributed by atoms with Crippen molar-refractivity contribution in [1.82, 2.24) is 0 Å². The molecule has 0 atom stereocenters. The average molecular weight is 249 g/mol. The van der Waals surface area contributed by atoms with Crippen LogP contribution in [-0.2, 0) is 0 Å². The van der Waals surface area contributed by atoms with Crippen LogP contribution in [0.5, 0.6) is 0 Å². The van der Waals surface area contributed by atoms with Gasteiger partial charge in [-0.2, -0.15) is 0 Å². The molecule has 0 aliphatic carbocycles. The van der Waals surface area contributed by atoms with E-state index in [1.165, 1.54) is 11.3 Å². The number of rotatable bonds is 2. The molecule has 0 fully saturated rings. The van der Waals surface area contributed by atoms with Crippen LogP contribution in [0.25, 0.3) is 0 Å². The lowest BCUT2D eigenvalue weighted by atomic mass is 10.2. The molecule has 0 saturated carbocycles. The van der Waals surface area contributed by atoms with E-state index >= 15 is 0 Å². The van der Waals surface area contributed by atoms with E-state index in [4.69, 9.17) is 0 Å². The lowest BCUT2D eigenvalue weighted by Crippen LogP contribution is -2.09. The summed E-state index contributed by atoms with van der Waals surface area (Å²) in [6, 6.07) is 9.49. The molecule has 0 aliphatic heterocycles. The topological polar surface area (TPSA) is 29.1 Å². The molecule has 1 amide bonds. The van der Waals surface area contributed by atoms with E-state index < -0.39 is 0 Å². The fourth-order valence-corrected chi connectivity index (χ4v) is 2.40. The van der Waals surface area contributed by atoms with Crippen molar-refractivity contribution in [2.24, 2.45) is 0 Å². The molecule has 4 heteroatoms. The molecule has 2 nitrogen and oxygen atoms in total. The van der Waals surface area contributed by atoms with Crippen LogP contribution in [0.1, 0.15) is 15.2 Å². The molecule has 0 saturated heterocycles. The quantitative estimate of drug-likeness (QED) is 0.782. The minimum atomic E-state index is -0.0871. The second-order valence-electron chi connectivity index (χ2n) is 3.49. The normalized spacial score (nSPS) is 10.1. The van der Waals surface area contributed by atoms with E-state index in [1.807, 2.05) is 36.6 Å². The first-order chi connectivity index (χ1) is 7.65. The molecule has 2 rings (SSSR count). The molecule has 1 heterocycles. The number of aryl methyl sites for hydroxylation is 1. The third kappa shape index (κ3) is 2.65.